The van der Waals surface area contributed by atoms with E-state index in [-0.39, 0.29) is 0 Å². The highest BCUT2D eigenvalue weighted by molar-refractivity contribution is 7.12. The SMILES string of the molecule is CCN1CCc2nc(C#Cc3ccccc3)sc2C1. The number of thiazole rings is 1. The van der Waals surface area contributed by atoms with Gasteiger partial charge in [-0.1, -0.05) is 31.0 Å². The van der Waals surface area contributed by atoms with Crippen LogP contribution in [0.25, 0.3) is 0 Å². The van der Waals surface area contributed by atoms with Crippen molar-refractivity contribution in [3.63, 3.8) is 0 Å². The third-order valence-corrected chi connectivity index (χ3v) is 4.34. The van der Waals surface area contributed by atoms with Crippen LogP contribution in [0.5, 0.6) is 0 Å². The Bertz CT molecular complexity index is 619. The number of hydrogen-bond donors (Lipinski definition) is 0. The maximum atomic E-state index is 4.65. The van der Waals surface area contributed by atoms with E-state index < -0.39 is 0 Å². The van der Waals surface area contributed by atoms with Gasteiger partial charge in [0.25, 0.3) is 0 Å². The lowest BCUT2D eigenvalue weighted by atomic mass is 10.2. The lowest BCUT2D eigenvalue weighted by molar-refractivity contribution is 0.270. The number of aromatic nitrogens is 1. The van der Waals surface area contributed by atoms with Crippen molar-refractivity contribution >= 4 is 11.3 Å². The topological polar surface area (TPSA) is 16.1 Å². The van der Waals surface area contributed by atoms with Gasteiger partial charge in [-0.05, 0) is 24.6 Å². The molecule has 2 nitrogen and oxygen atoms in total. The number of fused-ring (bicyclic) bond motifs is 1. The zero-order valence-corrected chi connectivity index (χ0v) is 11.8. The van der Waals surface area contributed by atoms with E-state index in [1.54, 1.807) is 11.3 Å². The number of rotatable bonds is 1. The smallest absolute Gasteiger partial charge is 0.167 e. The summed E-state index contributed by atoms with van der Waals surface area (Å²) in [6.45, 7) is 5.49. The van der Waals surface area contributed by atoms with E-state index in [1.165, 1.54) is 10.6 Å². The van der Waals surface area contributed by atoms with Crippen molar-refractivity contribution in [1.82, 2.24) is 9.88 Å². The fourth-order valence-electron chi connectivity index (χ4n) is 2.22. The molecule has 3 heteroatoms. The number of likely N-dealkylation sites (N-methyl/N-ethyl adjacent to an activating group) is 1. The van der Waals surface area contributed by atoms with Gasteiger partial charge in [0.05, 0.1) is 5.69 Å². The lowest BCUT2D eigenvalue weighted by Crippen LogP contribution is -2.29. The summed E-state index contributed by atoms with van der Waals surface area (Å²) in [6.07, 6.45) is 1.06. The zero-order valence-electron chi connectivity index (χ0n) is 11.0. The highest BCUT2D eigenvalue weighted by atomic mass is 32.1. The van der Waals surface area contributed by atoms with Crippen molar-refractivity contribution in [3.8, 4) is 11.8 Å². The van der Waals surface area contributed by atoms with Crippen LogP contribution in [0.15, 0.2) is 30.3 Å². The van der Waals surface area contributed by atoms with E-state index in [2.05, 4.69) is 28.6 Å². The van der Waals surface area contributed by atoms with Gasteiger partial charge in [-0.2, -0.15) is 0 Å². The van der Waals surface area contributed by atoms with Gasteiger partial charge < -0.3 is 0 Å². The molecule has 0 unspecified atom stereocenters. The molecule has 96 valence electrons. The Hall–Kier alpha value is -1.63. The molecule has 1 aromatic heterocycles. The van der Waals surface area contributed by atoms with E-state index in [0.717, 1.165) is 36.6 Å². The van der Waals surface area contributed by atoms with E-state index in [1.807, 2.05) is 30.3 Å². The molecule has 0 amide bonds. The van der Waals surface area contributed by atoms with Crippen LogP contribution in [0, 0.1) is 11.8 Å². The summed E-state index contributed by atoms with van der Waals surface area (Å²) in [7, 11) is 0. The minimum atomic E-state index is 0.951. The third kappa shape index (κ3) is 2.86. The van der Waals surface area contributed by atoms with Crippen LogP contribution in [-0.4, -0.2) is 23.0 Å². The monoisotopic (exact) mass is 268 g/mol. The van der Waals surface area contributed by atoms with Crippen LogP contribution < -0.4 is 0 Å². The Morgan fingerprint density at radius 3 is 2.89 bits per heavy atom. The molecule has 1 aliphatic rings. The molecule has 0 atom stereocenters. The van der Waals surface area contributed by atoms with Crippen molar-refractivity contribution in [2.75, 3.05) is 13.1 Å². The highest BCUT2D eigenvalue weighted by Gasteiger charge is 2.18. The summed E-state index contributed by atoms with van der Waals surface area (Å²) in [6, 6.07) is 10.1. The average Bonchev–Trinajstić information content (AvgIpc) is 2.88. The predicted molar refractivity (Wildman–Crippen MR) is 79.2 cm³/mol. The fourth-order valence-corrected chi connectivity index (χ4v) is 3.22. The van der Waals surface area contributed by atoms with Crippen LogP contribution >= 0.6 is 11.3 Å². The van der Waals surface area contributed by atoms with E-state index in [0.29, 0.717) is 0 Å². The second-order valence-corrected chi connectivity index (χ2v) is 5.71. The highest BCUT2D eigenvalue weighted by Crippen LogP contribution is 2.24. The first-order chi connectivity index (χ1) is 9.35. The normalized spacial score (nSPS) is 14.6. The van der Waals surface area contributed by atoms with Gasteiger partial charge in [0.2, 0.25) is 0 Å². The number of hydrogen-bond acceptors (Lipinski definition) is 3. The molecule has 0 fully saturated rings. The molecule has 0 aliphatic carbocycles. The molecule has 1 aliphatic heterocycles. The van der Waals surface area contributed by atoms with Crippen molar-refractivity contribution < 1.29 is 0 Å². The van der Waals surface area contributed by atoms with E-state index in [4.69, 9.17) is 0 Å². The van der Waals surface area contributed by atoms with Crippen molar-refractivity contribution in [1.29, 1.82) is 0 Å². The Morgan fingerprint density at radius 2 is 2.11 bits per heavy atom. The zero-order chi connectivity index (χ0) is 13.1. The lowest BCUT2D eigenvalue weighted by Gasteiger charge is -2.23. The molecule has 0 radical (unpaired) electrons. The van der Waals surface area contributed by atoms with Crippen LogP contribution in [0.4, 0.5) is 0 Å². The minimum Gasteiger partial charge on any atom is -0.298 e. The fraction of sp³-hybridized carbons (Fsp3) is 0.312. The van der Waals surface area contributed by atoms with Gasteiger partial charge in [-0.15, -0.1) is 11.3 Å². The van der Waals surface area contributed by atoms with E-state index >= 15 is 0 Å². The van der Waals surface area contributed by atoms with Gasteiger partial charge in [-0.3, -0.25) is 4.90 Å². The molecule has 0 saturated heterocycles. The Morgan fingerprint density at radius 1 is 1.26 bits per heavy atom. The molecule has 2 aromatic rings. The van der Waals surface area contributed by atoms with Gasteiger partial charge in [0, 0.05) is 30.0 Å². The maximum Gasteiger partial charge on any atom is 0.167 e. The van der Waals surface area contributed by atoms with Crippen molar-refractivity contribution in [3.05, 3.63) is 51.5 Å². The van der Waals surface area contributed by atoms with Gasteiger partial charge >= 0.3 is 0 Å². The van der Waals surface area contributed by atoms with Crippen LogP contribution in [0.2, 0.25) is 0 Å². The van der Waals surface area contributed by atoms with E-state index in [9.17, 15) is 0 Å². The third-order valence-electron chi connectivity index (χ3n) is 3.35. The average molecular weight is 268 g/mol. The molecule has 0 spiro atoms. The summed E-state index contributed by atoms with van der Waals surface area (Å²) < 4.78 is 0. The van der Waals surface area contributed by atoms with Gasteiger partial charge in [-0.25, -0.2) is 4.98 Å². The quantitative estimate of drug-likeness (QED) is 0.739. The van der Waals surface area contributed by atoms with Crippen molar-refractivity contribution in [2.24, 2.45) is 0 Å². The van der Waals surface area contributed by atoms with Gasteiger partial charge in [0.1, 0.15) is 0 Å². The summed E-state index contributed by atoms with van der Waals surface area (Å²) in [5.41, 5.74) is 2.30. The summed E-state index contributed by atoms with van der Waals surface area (Å²) >= 11 is 1.75. The van der Waals surface area contributed by atoms with Crippen LogP contribution in [-0.2, 0) is 13.0 Å². The Kier molecular flexibility index (Phi) is 3.63. The molecule has 0 N–H and O–H groups in total. The first-order valence-electron chi connectivity index (χ1n) is 6.63. The Balaban J connectivity index is 1.81. The standard InChI is InChI=1S/C16H16N2S/c1-2-18-11-10-14-15(12-18)19-16(17-14)9-8-13-6-4-3-5-7-13/h3-7H,2,10-12H2,1H3. The minimum absolute atomic E-state index is 0.951. The predicted octanol–water partition coefficient (Wildman–Crippen LogP) is 2.92. The number of nitrogens with zero attached hydrogens (tertiary/aromatic N) is 2. The molecule has 1 aromatic carbocycles. The first kappa shape index (κ1) is 12.4. The maximum absolute atomic E-state index is 4.65. The molecule has 0 bridgehead atoms. The molecular weight excluding hydrogens is 252 g/mol. The summed E-state index contributed by atoms with van der Waals surface area (Å²) in [4.78, 5) is 8.50. The molecule has 2 heterocycles. The summed E-state index contributed by atoms with van der Waals surface area (Å²) in [5, 5.41) is 0.951. The molecular formula is C16H16N2S. The van der Waals surface area contributed by atoms with Crippen LogP contribution in [0.3, 0.4) is 0 Å². The number of benzene rings is 1. The second-order valence-electron chi connectivity index (χ2n) is 4.62. The van der Waals surface area contributed by atoms with Gasteiger partial charge in [0.15, 0.2) is 5.01 Å². The first-order valence-corrected chi connectivity index (χ1v) is 7.45. The van der Waals surface area contributed by atoms with Crippen molar-refractivity contribution in [2.45, 2.75) is 19.9 Å². The molecule has 0 saturated carbocycles. The molecule has 3 rings (SSSR count). The Labute approximate surface area is 118 Å². The summed E-state index contributed by atoms with van der Waals surface area (Å²) in [5.74, 6) is 6.37. The second kappa shape index (κ2) is 5.56. The molecule has 19 heavy (non-hydrogen) atoms. The van der Waals surface area contributed by atoms with Crippen LogP contribution in [0.1, 0.15) is 28.1 Å². The largest absolute Gasteiger partial charge is 0.298 e.